The van der Waals surface area contributed by atoms with Crippen molar-refractivity contribution >= 4 is 12.1 Å². The monoisotopic (exact) mass is 424 g/mol. The molecular weight excluding hydrogens is 404 g/mol. The molecule has 4 aromatic rings. The van der Waals surface area contributed by atoms with Gasteiger partial charge in [0.25, 0.3) is 11.5 Å². The predicted octanol–water partition coefficient (Wildman–Crippen LogP) is 3.86. The number of benzene rings is 3. The molecule has 1 amide bonds. The summed E-state index contributed by atoms with van der Waals surface area (Å²) in [5, 5.41) is 7.13. The third-order valence-corrected chi connectivity index (χ3v) is 5.44. The van der Waals surface area contributed by atoms with Gasteiger partial charge in [0.2, 0.25) is 0 Å². The Kier molecular flexibility index (Phi) is 4.91. The van der Waals surface area contributed by atoms with Crippen LogP contribution in [0, 0.1) is 6.92 Å². The number of aromatic nitrogens is 2. The molecule has 0 atom stereocenters. The van der Waals surface area contributed by atoms with E-state index in [2.05, 4.69) is 15.6 Å². The van der Waals surface area contributed by atoms with Crippen LogP contribution in [0.4, 0.5) is 0 Å². The molecule has 0 fully saturated rings. The van der Waals surface area contributed by atoms with Gasteiger partial charge in [0.05, 0.1) is 23.4 Å². The largest absolute Gasteiger partial charge is 0.457 e. The molecule has 0 aliphatic carbocycles. The average molecular weight is 424 g/mol. The summed E-state index contributed by atoms with van der Waals surface area (Å²) in [7, 11) is 0. The molecule has 5 rings (SSSR count). The molecule has 7 nitrogen and oxygen atoms in total. The van der Waals surface area contributed by atoms with Crippen LogP contribution in [0.2, 0.25) is 0 Å². The van der Waals surface area contributed by atoms with Crippen LogP contribution >= 0.6 is 0 Å². The molecule has 0 saturated carbocycles. The first-order valence-electron chi connectivity index (χ1n) is 10.2. The molecular formula is C25H20N4O3. The number of carbonyl (C=O) groups excluding carboxylic acids is 1. The zero-order valence-electron chi connectivity index (χ0n) is 17.3. The predicted molar refractivity (Wildman–Crippen MR) is 122 cm³/mol. The zero-order chi connectivity index (χ0) is 22.1. The third-order valence-electron chi connectivity index (χ3n) is 5.44. The van der Waals surface area contributed by atoms with Gasteiger partial charge in [0.15, 0.2) is 0 Å². The van der Waals surface area contributed by atoms with E-state index in [-0.39, 0.29) is 11.5 Å². The lowest BCUT2D eigenvalue weighted by atomic mass is 9.87. The SMILES string of the molecule is Cc1[nH]n(-c2ccccc2)c(=O)c1/C=N/NC(=O)C1c2ccccc2Oc2ccccc21. The molecule has 2 N–H and O–H groups in total. The Balaban J connectivity index is 1.42. The molecule has 0 bridgehead atoms. The number of H-pyrrole nitrogens is 1. The molecule has 0 saturated heterocycles. The minimum atomic E-state index is -0.568. The Labute approximate surface area is 184 Å². The van der Waals surface area contributed by atoms with E-state index in [1.54, 1.807) is 6.92 Å². The summed E-state index contributed by atoms with van der Waals surface area (Å²) in [6, 6.07) is 24.2. The number of para-hydroxylation sites is 3. The van der Waals surface area contributed by atoms with Crippen molar-refractivity contribution in [3.8, 4) is 17.2 Å². The molecule has 7 heteroatoms. The number of aromatic amines is 1. The van der Waals surface area contributed by atoms with Gasteiger partial charge in [-0.1, -0.05) is 54.6 Å². The molecule has 0 spiro atoms. The Morgan fingerprint density at radius 1 is 0.969 bits per heavy atom. The maximum absolute atomic E-state index is 13.1. The maximum Gasteiger partial charge on any atom is 0.280 e. The van der Waals surface area contributed by atoms with E-state index in [9.17, 15) is 9.59 Å². The first-order valence-corrected chi connectivity index (χ1v) is 10.2. The van der Waals surface area contributed by atoms with E-state index in [0.717, 1.165) is 16.8 Å². The van der Waals surface area contributed by atoms with Gasteiger partial charge in [-0.2, -0.15) is 5.10 Å². The first-order chi connectivity index (χ1) is 15.6. The minimum Gasteiger partial charge on any atom is -0.457 e. The van der Waals surface area contributed by atoms with Crippen LogP contribution in [0.5, 0.6) is 11.5 Å². The Morgan fingerprint density at radius 3 is 2.22 bits per heavy atom. The highest BCUT2D eigenvalue weighted by atomic mass is 16.5. The lowest BCUT2D eigenvalue weighted by Gasteiger charge is -2.26. The van der Waals surface area contributed by atoms with Crippen molar-refractivity contribution in [2.24, 2.45) is 5.10 Å². The van der Waals surface area contributed by atoms with E-state index < -0.39 is 5.92 Å². The van der Waals surface area contributed by atoms with Crippen LogP contribution in [0.15, 0.2) is 88.8 Å². The molecule has 3 aromatic carbocycles. The van der Waals surface area contributed by atoms with Crippen molar-refractivity contribution in [3.05, 3.63) is 112 Å². The number of hydrogen-bond acceptors (Lipinski definition) is 4. The Bertz CT molecular complexity index is 1340. The van der Waals surface area contributed by atoms with Crippen molar-refractivity contribution in [1.82, 2.24) is 15.2 Å². The van der Waals surface area contributed by atoms with Gasteiger partial charge in [0.1, 0.15) is 11.5 Å². The van der Waals surface area contributed by atoms with E-state index in [1.165, 1.54) is 10.9 Å². The van der Waals surface area contributed by atoms with Gasteiger partial charge in [-0.05, 0) is 31.2 Å². The van der Waals surface area contributed by atoms with Gasteiger partial charge in [-0.3, -0.25) is 14.7 Å². The standard InChI is InChI=1S/C25H20N4O3/c1-16-20(25(31)29(28-16)17-9-3-2-4-10-17)15-26-27-24(30)23-18-11-5-7-13-21(18)32-22-14-8-6-12-19(22)23/h2-15,23,28H,1H3,(H,27,30)/b26-15+. The molecule has 32 heavy (non-hydrogen) atoms. The van der Waals surface area contributed by atoms with Crippen LogP contribution in [0.3, 0.4) is 0 Å². The Hall–Kier alpha value is -4.39. The summed E-state index contributed by atoms with van der Waals surface area (Å²) in [5.74, 6) is 0.410. The van der Waals surface area contributed by atoms with Crippen LogP contribution in [-0.2, 0) is 4.79 Å². The van der Waals surface area contributed by atoms with Crippen LogP contribution in [0.1, 0.15) is 28.3 Å². The summed E-state index contributed by atoms with van der Waals surface area (Å²) in [6.45, 7) is 1.79. The average Bonchev–Trinajstić information content (AvgIpc) is 3.11. The quantitative estimate of drug-likeness (QED) is 0.385. The van der Waals surface area contributed by atoms with E-state index in [4.69, 9.17) is 4.74 Å². The highest BCUT2D eigenvalue weighted by Crippen LogP contribution is 2.43. The summed E-state index contributed by atoms with van der Waals surface area (Å²) in [6.07, 6.45) is 1.38. The highest BCUT2D eigenvalue weighted by Gasteiger charge is 2.32. The van der Waals surface area contributed by atoms with Crippen molar-refractivity contribution < 1.29 is 9.53 Å². The zero-order valence-corrected chi connectivity index (χ0v) is 17.3. The van der Waals surface area contributed by atoms with Gasteiger partial charge in [0, 0.05) is 16.8 Å². The number of amides is 1. The number of nitrogens with one attached hydrogen (secondary N) is 2. The number of nitrogens with zero attached hydrogens (tertiary/aromatic N) is 2. The molecule has 0 radical (unpaired) electrons. The molecule has 1 aromatic heterocycles. The molecule has 1 aliphatic rings. The van der Waals surface area contributed by atoms with Crippen molar-refractivity contribution in [2.45, 2.75) is 12.8 Å². The van der Waals surface area contributed by atoms with E-state index >= 15 is 0 Å². The van der Waals surface area contributed by atoms with Gasteiger partial charge >= 0.3 is 0 Å². The second-order valence-corrected chi connectivity index (χ2v) is 7.47. The van der Waals surface area contributed by atoms with Crippen molar-refractivity contribution in [2.75, 3.05) is 0 Å². The van der Waals surface area contributed by atoms with Crippen LogP contribution in [0.25, 0.3) is 5.69 Å². The number of hydrazone groups is 1. The van der Waals surface area contributed by atoms with Crippen molar-refractivity contribution in [1.29, 1.82) is 0 Å². The molecule has 158 valence electrons. The number of fused-ring (bicyclic) bond motifs is 2. The summed E-state index contributed by atoms with van der Waals surface area (Å²) in [5.41, 5.74) is 5.64. The Morgan fingerprint density at radius 2 is 1.56 bits per heavy atom. The highest BCUT2D eigenvalue weighted by molar-refractivity contribution is 5.90. The fourth-order valence-electron chi connectivity index (χ4n) is 3.89. The van der Waals surface area contributed by atoms with E-state index in [0.29, 0.717) is 22.8 Å². The summed E-state index contributed by atoms with van der Waals surface area (Å²) < 4.78 is 7.39. The topological polar surface area (TPSA) is 88.5 Å². The number of ether oxygens (including phenoxy) is 1. The van der Waals surface area contributed by atoms with Crippen LogP contribution < -0.4 is 15.7 Å². The number of hydrogen-bond donors (Lipinski definition) is 2. The number of rotatable bonds is 4. The smallest absolute Gasteiger partial charge is 0.280 e. The molecule has 2 heterocycles. The molecule has 1 aliphatic heterocycles. The van der Waals surface area contributed by atoms with Crippen molar-refractivity contribution in [3.63, 3.8) is 0 Å². The lowest BCUT2D eigenvalue weighted by Crippen LogP contribution is -2.28. The van der Waals surface area contributed by atoms with Gasteiger partial charge in [-0.25, -0.2) is 10.1 Å². The fourth-order valence-corrected chi connectivity index (χ4v) is 3.89. The fraction of sp³-hybridized carbons (Fsp3) is 0.0800. The first kappa shape index (κ1) is 19.6. The normalized spacial score (nSPS) is 12.8. The van der Waals surface area contributed by atoms with Crippen LogP contribution in [-0.4, -0.2) is 21.9 Å². The van der Waals surface area contributed by atoms with Gasteiger partial charge < -0.3 is 4.74 Å². The minimum absolute atomic E-state index is 0.242. The second-order valence-electron chi connectivity index (χ2n) is 7.47. The molecule has 0 unspecified atom stereocenters. The maximum atomic E-state index is 13.1. The second kappa shape index (κ2) is 8.03. The van der Waals surface area contributed by atoms with Gasteiger partial charge in [-0.15, -0.1) is 0 Å². The summed E-state index contributed by atoms with van der Waals surface area (Å²) >= 11 is 0. The summed E-state index contributed by atoms with van der Waals surface area (Å²) in [4.78, 5) is 25.9. The van der Waals surface area contributed by atoms with E-state index in [1.807, 2.05) is 78.9 Å². The number of carbonyl (C=O) groups is 1. The lowest BCUT2D eigenvalue weighted by molar-refractivity contribution is -0.121. The number of aryl methyl sites for hydroxylation is 1. The third kappa shape index (κ3) is 3.39.